The monoisotopic (exact) mass is 436 g/mol. The standard InChI is InChI=1S/C20H23F3N6O2/c1-11-5-12(15-9-29(28-27-15)10-20(4,31)19(2,3)30)7-13(6-11)25-18-24-8-14(21)16(26-18)17(22)23/h5-9,17,30-31H,10H2,1-4H3,(H,24,25,26)/t20-/m1/s1. The molecule has 0 saturated heterocycles. The molecule has 2 heterocycles. The summed E-state index contributed by atoms with van der Waals surface area (Å²) in [7, 11) is 0. The van der Waals surface area contributed by atoms with E-state index in [0.29, 0.717) is 23.1 Å². The number of anilines is 2. The number of aliphatic hydroxyl groups is 2. The van der Waals surface area contributed by atoms with E-state index in [0.717, 1.165) is 5.56 Å². The Morgan fingerprint density at radius 1 is 1.16 bits per heavy atom. The Balaban J connectivity index is 1.86. The molecule has 8 nitrogen and oxygen atoms in total. The minimum absolute atomic E-state index is 0.0141. The summed E-state index contributed by atoms with van der Waals surface area (Å²) in [4.78, 5) is 7.24. The molecular formula is C20H23F3N6O2. The van der Waals surface area contributed by atoms with Gasteiger partial charge >= 0.3 is 0 Å². The van der Waals surface area contributed by atoms with E-state index in [1.54, 1.807) is 18.3 Å². The van der Waals surface area contributed by atoms with Crippen LogP contribution in [0.15, 0.2) is 30.6 Å². The molecule has 0 radical (unpaired) electrons. The molecule has 0 unspecified atom stereocenters. The summed E-state index contributed by atoms with van der Waals surface area (Å²) in [6.07, 6.45) is -0.761. The molecule has 0 bridgehead atoms. The minimum atomic E-state index is -3.06. The van der Waals surface area contributed by atoms with Crippen molar-refractivity contribution in [2.24, 2.45) is 0 Å². The lowest BCUT2D eigenvalue weighted by atomic mass is 9.88. The molecule has 3 rings (SSSR count). The molecule has 0 saturated carbocycles. The summed E-state index contributed by atoms with van der Waals surface area (Å²) in [5.74, 6) is -1.35. The Bertz CT molecular complexity index is 1080. The van der Waals surface area contributed by atoms with E-state index < -0.39 is 29.1 Å². The third-order valence-electron chi connectivity index (χ3n) is 4.93. The highest BCUT2D eigenvalue weighted by Gasteiger charge is 2.38. The maximum absolute atomic E-state index is 13.4. The molecule has 1 atom stereocenters. The highest BCUT2D eigenvalue weighted by atomic mass is 19.3. The van der Waals surface area contributed by atoms with Crippen molar-refractivity contribution in [1.29, 1.82) is 0 Å². The van der Waals surface area contributed by atoms with E-state index in [4.69, 9.17) is 0 Å². The minimum Gasteiger partial charge on any atom is -0.387 e. The van der Waals surface area contributed by atoms with E-state index in [9.17, 15) is 23.4 Å². The molecule has 0 amide bonds. The molecule has 3 aromatic rings. The summed E-state index contributed by atoms with van der Waals surface area (Å²) in [6, 6.07) is 5.26. The number of hydrogen-bond donors (Lipinski definition) is 3. The molecule has 3 N–H and O–H groups in total. The molecule has 0 spiro atoms. The van der Waals surface area contributed by atoms with Crippen LogP contribution in [0, 0.1) is 12.7 Å². The third kappa shape index (κ3) is 5.17. The van der Waals surface area contributed by atoms with Crippen molar-refractivity contribution in [2.75, 3.05) is 5.32 Å². The number of nitrogens with zero attached hydrogens (tertiary/aromatic N) is 5. The van der Waals surface area contributed by atoms with Gasteiger partial charge in [0.2, 0.25) is 5.95 Å². The molecule has 0 aliphatic carbocycles. The predicted molar refractivity (Wildman–Crippen MR) is 107 cm³/mol. The average molecular weight is 436 g/mol. The van der Waals surface area contributed by atoms with Crippen molar-refractivity contribution in [2.45, 2.75) is 51.9 Å². The number of hydrogen-bond acceptors (Lipinski definition) is 7. The fourth-order valence-corrected chi connectivity index (χ4v) is 2.74. The number of nitrogens with one attached hydrogen (secondary N) is 1. The lowest BCUT2D eigenvalue weighted by Crippen LogP contribution is -2.50. The normalized spacial score (nSPS) is 14.0. The highest BCUT2D eigenvalue weighted by molar-refractivity contribution is 5.68. The molecule has 11 heteroatoms. The predicted octanol–water partition coefficient (Wildman–Crippen LogP) is 3.39. The first kappa shape index (κ1) is 22.6. The maximum Gasteiger partial charge on any atom is 0.283 e. The maximum atomic E-state index is 13.4. The van der Waals surface area contributed by atoms with Gasteiger partial charge in [-0.25, -0.2) is 27.8 Å². The number of halogens is 3. The fraction of sp³-hybridized carbons (Fsp3) is 0.400. The fourth-order valence-electron chi connectivity index (χ4n) is 2.74. The Labute approximate surface area is 176 Å². The van der Waals surface area contributed by atoms with Gasteiger partial charge in [-0.05, 0) is 51.5 Å². The first-order valence-corrected chi connectivity index (χ1v) is 9.40. The zero-order valence-corrected chi connectivity index (χ0v) is 17.4. The average Bonchev–Trinajstić information content (AvgIpc) is 3.09. The quantitative estimate of drug-likeness (QED) is 0.521. The number of benzene rings is 1. The van der Waals surface area contributed by atoms with Gasteiger partial charge in [-0.1, -0.05) is 5.21 Å². The number of aryl methyl sites for hydroxylation is 1. The van der Waals surface area contributed by atoms with Crippen LogP contribution in [0.2, 0.25) is 0 Å². The second-order valence-electron chi connectivity index (χ2n) is 8.07. The van der Waals surface area contributed by atoms with E-state index in [-0.39, 0.29) is 12.5 Å². The van der Waals surface area contributed by atoms with E-state index in [1.807, 2.05) is 13.0 Å². The molecule has 0 fully saturated rings. The second kappa shape index (κ2) is 8.23. The largest absolute Gasteiger partial charge is 0.387 e. The summed E-state index contributed by atoms with van der Waals surface area (Å²) in [6.45, 7) is 6.34. The van der Waals surface area contributed by atoms with Gasteiger partial charge in [0.05, 0.1) is 24.5 Å². The molecule has 0 aliphatic rings. The van der Waals surface area contributed by atoms with Gasteiger partial charge in [0.25, 0.3) is 6.43 Å². The number of alkyl halides is 2. The van der Waals surface area contributed by atoms with Gasteiger partial charge in [-0.15, -0.1) is 5.10 Å². The molecule has 0 aliphatic heterocycles. The van der Waals surface area contributed by atoms with Crippen LogP contribution < -0.4 is 5.32 Å². The van der Waals surface area contributed by atoms with Gasteiger partial charge in [0.15, 0.2) is 5.82 Å². The van der Waals surface area contributed by atoms with Crippen LogP contribution in [0.5, 0.6) is 0 Å². The molecule has 1 aromatic carbocycles. The highest BCUT2D eigenvalue weighted by Crippen LogP contribution is 2.27. The van der Waals surface area contributed by atoms with Crippen LogP contribution in [0.4, 0.5) is 24.8 Å². The Hall–Kier alpha value is -3.05. The van der Waals surface area contributed by atoms with Crippen molar-refractivity contribution in [3.8, 4) is 11.3 Å². The second-order valence-corrected chi connectivity index (χ2v) is 8.07. The molecule has 31 heavy (non-hydrogen) atoms. The number of rotatable bonds is 7. The van der Waals surface area contributed by atoms with Gasteiger partial charge in [0.1, 0.15) is 17.0 Å². The Morgan fingerprint density at radius 2 is 1.87 bits per heavy atom. The van der Waals surface area contributed by atoms with E-state index in [1.165, 1.54) is 25.5 Å². The third-order valence-corrected chi connectivity index (χ3v) is 4.93. The first-order chi connectivity index (χ1) is 14.4. The number of aromatic nitrogens is 5. The summed E-state index contributed by atoms with van der Waals surface area (Å²) in [5, 5.41) is 31.5. The topological polar surface area (TPSA) is 109 Å². The van der Waals surface area contributed by atoms with Crippen molar-refractivity contribution in [1.82, 2.24) is 25.0 Å². The van der Waals surface area contributed by atoms with Crippen LogP contribution in [0.25, 0.3) is 11.3 Å². The molecular weight excluding hydrogens is 413 g/mol. The van der Waals surface area contributed by atoms with Crippen LogP contribution in [-0.2, 0) is 6.54 Å². The van der Waals surface area contributed by atoms with Crippen LogP contribution in [0.1, 0.15) is 38.5 Å². The lowest BCUT2D eigenvalue weighted by molar-refractivity contribution is -0.129. The van der Waals surface area contributed by atoms with Crippen molar-refractivity contribution in [3.05, 3.63) is 47.7 Å². The van der Waals surface area contributed by atoms with Gasteiger partial charge in [-0.3, -0.25) is 0 Å². The molecule has 166 valence electrons. The molecule has 2 aromatic heterocycles. The van der Waals surface area contributed by atoms with E-state index >= 15 is 0 Å². The lowest BCUT2D eigenvalue weighted by Gasteiger charge is -2.35. The van der Waals surface area contributed by atoms with Crippen molar-refractivity contribution in [3.63, 3.8) is 0 Å². The summed E-state index contributed by atoms with van der Waals surface area (Å²) in [5.41, 5.74) is -1.31. The SMILES string of the molecule is Cc1cc(Nc2ncc(F)c(C(F)F)n2)cc(-c2cn(C[C@@](C)(O)C(C)(C)O)nn2)c1. The van der Waals surface area contributed by atoms with Crippen molar-refractivity contribution >= 4 is 11.6 Å². The summed E-state index contributed by atoms with van der Waals surface area (Å²) < 4.78 is 40.6. The van der Waals surface area contributed by atoms with Crippen LogP contribution >= 0.6 is 0 Å². The zero-order valence-electron chi connectivity index (χ0n) is 17.4. The van der Waals surface area contributed by atoms with Crippen LogP contribution in [-0.4, -0.2) is 46.4 Å². The first-order valence-electron chi connectivity index (χ1n) is 9.40. The van der Waals surface area contributed by atoms with E-state index in [2.05, 4.69) is 25.6 Å². The smallest absolute Gasteiger partial charge is 0.283 e. The zero-order chi connectivity index (χ0) is 23.0. The Morgan fingerprint density at radius 3 is 2.52 bits per heavy atom. The van der Waals surface area contributed by atoms with Gasteiger partial charge in [0, 0.05) is 11.3 Å². The summed E-state index contributed by atoms with van der Waals surface area (Å²) >= 11 is 0. The van der Waals surface area contributed by atoms with Crippen molar-refractivity contribution < 1.29 is 23.4 Å². The van der Waals surface area contributed by atoms with Crippen LogP contribution in [0.3, 0.4) is 0 Å². The van der Waals surface area contributed by atoms with Gasteiger partial charge in [-0.2, -0.15) is 0 Å². The Kier molecular flexibility index (Phi) is 6.01. The van der Waals surface area contributed by atoms with Gasteiger partial charge < -0.3 is 15.5 Å².